The Labute approximate surface area is 164 Å². The molecule has 1 aliphatic carbocycles. The molecule has 0 N–H and O–H groups in total. The van der Waals surface area contributed by atoms with Gasteiger partial charge in [0.1, 0.15) is 17.5 Å². The summed E-state index contributed by atoms with van der Waals surface area (Å²) in [6.07, 6.45) is 9.22. The van der Waals surface area contributed by atoms with E-state index < -0.39 is 17.5 Å². The minimum atomic E-state index is -0.683. The van der Waals surface area contributed by atoms with Gasteiger partial charge in [0.25, 0.3) is 0 Å². The largest absolute Gasteiger partial charge is 0.206 e. The van der Waals surface area contributed by atoms with Crippen molar-refractivity contribution in [2.45, 2.75) is 58.3 Å². The van der Waals surface area contributed by atoms with Gasteiger partial charge in [-0.1, -0.05) is 56.7 Å². The van der Waals surface area contributed by atoms with E-state index in [0.29, 0.717) is 17.9 Å². The normalized spacial score (nSPS) is 20.0. The van der Waals surface area contributed by atoms with Crippen molar-refractivity contribution in [2.24, 2.45) is 11.8 Å². The van der Waals surface area contributed by atoms with E-state index in [1.807, 2.05) is 0 Å². The average Bonchev–Trinajstić information content (AvgIpc) is 2.63. The van der Waals surface area contributed by atoms with Gasteiger partial charge in [0.15, 0.2) is 0 Å². The quantitative estimate of drug-likeness (QED) is 0.466. The highest BCUT2D eigenvalue weighted by Gasteiger charge is 2.22. The van der Waals surface area contributed by atoms with E-state index >= 15 is 0 Å². The maximum absolute atomic E-state index is 14.6. The summed E-state index contributed by atoms with van der Waals surface area (Å²) in [5.41, 5.74) is 0.646. The van der Waals surface area contributed by atoms with Crippen LogP contribution in [0, 0.1) is 29.3 Å². The van der Waals surface area contributed by atoms with Crippen molar-refractivity contribution in [1.29, 1.82) is 0 Å². The molecule has 0 spiro atoms. The number of unbranched alkanes of at least 4 members (excludes halogenated alkanes) is 1. The van der Waals surface area contributed by atoms with Crippen molar-refractivity contribution in [3.63, 3.8) is 0 Å². The maximum Gasteiger partial charge on any atom is 0.142 e. The van der Waals surface area contributed by atoms with E-state index in [4.69, 9.17) is 11.6 Å². The first-order valence-electron chi connectivity index (χ1n) is 9.91. The molecule has 0 unspecified atom stereocenters. The summed E-state index contributed by atoms with van der Waals surface area (Å²) in [7, 11) is 0. The summed E-state index contributed by atoms with van der Waals surface area (Å²) < 4.78 is 42.8. The third-order valence-electron chi connectivity index (χ3n) is 5.77. The molecule has 1 aliphatic rings. The van der Waals surface area contributed by atoms with Crippen LogP contribution in [0.2, 0.25) is 5.02 Å². The van der Waals surface area contributed by atoms with Gasteiger partial charge < -0.3 is 0 Å². The summed E-state index contributed by atoms with van der Waals surface area (Å²) in [6.45, 7) is 2.22. The van der Waals surface area contributed by atoms with Crippen molar-refractivity contribution >= 4 is 11.6 Å². The molecule has 0 atom stereocenters. The van der Waals surface area contributed by atoms with Gasteiger partial charge in [0.2, 0.25) is 0 Å². The molecule has 2 aromatic carbocycles. The second-order valence-corrected chi connectivity index (χ2v) is 8.20. The molecular weight excluding hydrogens is 369 g/mol. The van der Waals surface area contributed by atoms with E-state index in [9.17, 15) is 13.2 Å². The summed E-state index contributed by atoms with van der Waals surface area (Å²) in [5.74, 6) is -0.680. The molecule has 146 valence electrons. The average molecular weight is 395 g/mol. The number of rotatable bonds is 6. The fourth-order valence-corrected chi connectivity index (χ4v) is 4.34. The summed E-state index contributed by atoms with van der Waals surface area (Å²) in [5, 5.41) is -0.0641. The van der Waals surface area contributed by atoms with Gasteiger partial charge in [0.05, 0.1) is 10.6 Å². The third kappa shape index (κ3) is 5.07. The van der Waals surface area contributed by atoms with Crippen LogP contribution in [0.1, 0.15) is 57.4 Å². The van der Waals surface area contributed by atoms with Crippen LogP contribution in [0.5, 0.6) is 0 Å². The summed E-state index contributed by atoms with van der Waals surface area (Å²) in [6, 6.07) is 6.61. The van der Waals surface area contributed by atoms with Gasteiger partial charge in [-0.3, -0.25) is 0 Å². The highest BCUT2D eigenvalue weighted by molar-refractivity contribution is 6.30. The molecule has 0 bridgehead atoms. The van der Waals surface area contributed by atoms with Crippen LogP contribution in [-0.2, 0) is 6.42 Å². The molecule has 27 heavy (non-hydrogen) atoms. The standard InChI is InChI=1S/C23H26ClF3/c1-2-3-4-15-5-7-16(8-6-15)11-17-12-21(26)23(22(27)13-17)18-9-10-19(24)20(25)14-18/h9-10,12-16H,2-8,11H2,1H3. The van der Waals surface area contributed by atoms with E-state index in [0.717, 1.165) is 24.8 Å². The Kier molecular flexibility index (Phi) is 6.86. The first kappa shape index (κ1) is 20.3. The summed E-state index contributed by atoms with van der Waals surface area (Å²) >= 11 is 5.66. The molecule has 0 aromatic heterocycles. The lowest BCUT2D eigenvalue weighted by molar-refractivity contribution is 0.258. The van der Waals surface area contributed by atoms with Crippen LogP contribution < -0.4 is 0 Å². The molecule has 0 nitrogen and oxygen atoms in total. The lowest BCUT2D eigenvalue weighted by Crippen LogP contribution is -2.16. The van der Waals surface area contributed by atoms with Gasteiger partial charge >= 0.3 is 0 Å². The van der Waals surface area contributed by atoms with Gasteiger partial charge in [-0.2, -0.15) is 0 Å². The van der Waals surface area contributed by atoms with Crippen molar-refractivity contribution in [3.8, 4) is 11.1 Å². The highest BCUT2D eigenvalue weighted by Crippen LogP contribution is 2.35. The Morgan fingerprint density at radius 2 is 1.52 bits per heavy atom. The zero-order chi connectivity index (χ0) is 19.4. The lowest BCUT2D eigenvalue weighted by Gasteiger charge is -2.28. The molecular formula is C23H26ClF3. The Bertz CT molecular complexity index is 756. The van der Waals surface area contributed by atoms with Gasteiger partial charge in [-0.05, 0) is 66.5 Å². The van der Waals surface area contributed by atoms with Crippen molar-refractivity contribution in [2.75, 3.05) is 0 Å². The first-order chi connectivity index (χ1) is 13.0. The Morgan fingerprint density at radius 3 is 2.11 bits per heavy atom. The predicted molar refractivity (Wildman–Crippen MR) is 105 cm³/mol. The predicted octanol–water partition coefficient (Wildman–Crippen LogP) is 7.96. The second kappa shape index (κ2) is 9.14. The fraction of sp³-hybridized carbons (Fsp3) is 0.478. The molecule has 0 saturated heterocycles. The van der Waals surface area contributed by atoms with Crippen molar-refractivity contribution in [1.82, 2.24) is 0 Å². The van der Waals surface area contributed by atoms with Gasteiger partial charge in [-0.25, -0.2) is 13.2 Å². The molecule has 4 heteroatoms. The molecule has 2 aromatic rings. The smallest absolute Gasteiger partial charge is 0.142 e. The second-order valence-electron chi connectivity index (χ2n) is 7.80. The van der Waals surface area contributed by atoms with E-state index in [1.54, 1.807) is 0 Å². The van der Waals surface area contributed by atoms with E-state index in [-0.39, 0.29) is 16.1 Å². The molecule has 0 amide bonds. The molecule has 1 fully saturated rings. The zero-order valence-corrected chi connectivity index (χ0v) is 16.5. The monoisotopic (exact) mass is 394 g/mol. The molecule has 0 heterocycles. The van der Waals surface area contributed by atoms with E-state index in [2.05, 4.69) is 6.92 Å². The minimum absolute atomic E-state index is 0.0641. The van der Waals surface area contributed by atoms with Crippen LogP contribution in [0.15, 0.2) is 30.3 Å². The number of halogens is 4. The van der Waals surface area contributed by atoms with Gasteiger partial charge in [-0.15, -0.1) is 0 Å². The van der Waals surface area contributed by atoms with Crippen LogP contribution in [0.25, 0.3) is 11.1 Å². The first-order valence-corrected chi connectivity index (χ1v) is 10.3. The maximum atomic E-state index is 14.6. The molecule has 0 radical (unpaired) electrons. The highest BCUT2D eigenvalue weighted by atomic mass is 35.5. The summed E-state index contributed by atoms with van der Waals surface area (Å²) in [4.78, 5) is 0. The number of hydrogen-bond donors (Lipinski definition) is 0. The Balaban J connectivity index is 1.69. The Hall–Kier alpha value is -1.48. The number of hydrogen-bond acceptors (Lipinski definition) is 0. The van der Waals surface area contributed by atoms with Crippen LogP contribution >= 0.6 is 11.6 Å². The van der Waals surface area contributed by atoms with Gasteiger partial charge in [0, 0.05) is 0 Å². The number of benzene rings is 2. The van der Waals surface area contributed by atoms with E-state index in [1.165, 1.54) is 56.4 Å². The third-order valence-corrected chi connectivity index (χ3v) is 6.07. The molecule has 0 aliphatic heterocycles. The van der Waals surface area contributed by atoms with Crippen LogP contribution in [0.3, 0.4) is 0 Å². The SMILES string of the molecule is CCCCC1CCC(Cc2cc(F)c(-c3ccc(Cl)c(F)c3)c(F)c2)CC1. The van der Waals surface area contributed by atoms with Crippen molar-refractivity contribution < 1.29 is 13.2 Å². The van der Waals surface area contributed by atoms with Crippen LogP contribution in [0.4, 0.5) is 13.2 Å². The molecule has 3 rings (SSSR count). The topological polar surface area (TPSA) is 0 Å². The van der Waals surface area contributed by atoms with Crippen molar-refractivity contribution in [3.05, 3.63) is 58.4 Å². The van der Waals surface area contributed by atoms with Crippen LogP contribution in [-0.4, -0.2) is 0 Å². The zero-order valence-electron chi connectivity index (χ0n) is 15.7. The minimum Gasteiger partial charge on any atom is -0.206 e. The molecule has 1 saturated carbocycles. The Morgan fingerprint density at radius 1 is 0.889 bits per heavy atom. The fourth-order valence-electron chi connectivity index (χ4n) is 4.22. The lowest BCUT2D eigenvalue weighted by atomic mass is 9.77.